The van der Waals surface area contributed by atoms with Gasteiger partial charge in [-0.1, -0.05) is 58.7 Å². The average molecular weight is 527 g/mol. The number of carbonyl (C=O) groups is 1. The van der Waals surface area contributed by atoms with Crippen LogP contribution < -0.4 is 5.32 Å². The summed E-state index contributed by atoms with van der Waals surface area (Å²) in [5.74, 6) is 1.87. The van der Waals surface area contributed by atoms with Gasteiger partial charge in [0, 0.05) is 24.7 Å². The number of carbonyl (C=O) groups excluding carboxylic acids is 1. The van der Waals surface area contributed by atoms with Crippen molar-refractivity contribution in [3.05, 3.63) is 64.7 Å². The van der Waals surface area contributed by atoms with Crippen LogP contribution in [0.15, 0.2) is 47.4 Å². The van der Waals surface area contributed by atoms with Crippen LogP contribution in [-0.4, -0.2) is 43.2 Å². The Balaban J connectivity index is 1.47. The number of rotatable bonds is 9. The zero-order valence-electron chi connectivity index (χ0n) is 22.6. The van der Waals surface area contributed by atoms with Gasteiger partial charge in [0.05, 0.1) is 23.3 Å². The van der Waals surface area contributed by atoms with Gasteiger partial charge in [-0.15, -0.1) is 0 Å². The van der Waals surface area contributed by atoms with Gasteiger partial charge in [0.1, 0.15) is 0 Å². The van der Waals surface area contributed by atoms with E-state index >= 15 is 0 Å². The van der Waals surface area contributed by atoms with Crippen LogP contribution in [0, 0.1) is 17.8 Å². The lowest BCUT2D eigenvalue weighted by atomic mass is 9.82. The predicted molar refractivity (Wildman–Crippen MR) is 147 cm³/mol. The summed E-state index contributed by atoms with van der Waals surface area (Å²) in [7, 11) is -3.30. The van der Waals surface area contributed by atoms with Crippen LogP contribution in [0.5, 0.6) is 0 Å². The Kier molecular flexibility index (Phi) is 8.77. The molecule has 37 heavy (non-hydrogen) atoms. The van der Waals surface area contributed by atoms with Crippen LogP contribution in [0.3, 0.4) is 0 Å². The van der Waals surface area contributed by atoms with Gasteiger partial charge >= 0.3 is 0 Å². The van der Waals surface area contributed by atoms with Crippen LogP contribution in [0.4, 0.5) is 0 Å². The summed E-state index contributed by atoms with van der Waals surface area (Å²) in [6.07, 6.45) is 5.26. The van der Waals surface area contributed by atoms with E-state index < -0.39 is 15.9 Å². The number of sulfone groups is 1. The second kappa shape index (κ2) is 11.7. The van der Waals surface area contributed by atoms with Crippen LogP contribution in [0.25, 0.3) is 0 Å². The summed E-state index contributed by atoms with van der Waals surface area (Å²) in [4.78, 5) is 16.0. The van der Waals surface area contributed by atoms with E-state index in [1.54, 1.807) is 19.1 Å². The lowest BCUT2D eigenvalue weighted by Crippen LogP contribution is -2.32. The Morgan fingerprint density at radius 3 is 2.35 bits per heavy atom. The van der Waals surface area contributed by atoms with E-state index in [-0.39, 0.29) is 23.2 Å². The summed E-state index contributed by atoms with van der Waals surface area (Å²) in [6, 6.07) is 12.1. The molecular formula is C30H42N2O4S. The Morgan fingerprint density at radius 2 is 1.76 bits per heavy atom. The number of aliphatic hydroxyl groups is 1. The van der Waals surface area contributed by atoms with E-state index in [1.165, 1.54) is 48.9 Å². The molecule has 2 aromatic rings. The Morgan fingerprint density at radius 1 is 1.08 bits per heavy atom. The molecule has 2 atom stereocenters. The summed E-state index contributed by atoms with van der Waals surface area (Å²) in [6.45, 7) is 10.2. The second-order valence-corrected chi connectivity index (χ2v) is 13.6. The molecule has 0 saturated heterocycles. The van der Waals surface area contributed by atoms with Crippen molar-refractivity contribution in [3.8, 4) is 0 Å². The average Bonchev–Trinajstić information content (AvgIpc) is 3.25. The highest BCUT2D eigenvalue weighted by molar-refractivity contribution is 7.91. The minimum Gasteiger partial charge on any atom is -0.394 e. The van der Waals surface area contributed by atoms with Gasteiger partial charge in [-0.2, -0.15) is 0 Å². The molecule has 1 aliphatic heterocycles. The third-order valence-electron chi connectivity index (χ3n) is 8.26. The molecule has 0 aromatic heterocycles. The van der Waals surface area contributed by atoms with E-state index in [4.69, 9.17) is 0 Å². The van der Waals surface area contributed by atoms with Crippen molar-refractivity contribution in [2.75, 3.05) is 18.9 Å². The molecule has 2 aromatic carbocycles. The second-order valence-electron chi connectivity index (χ2n) is 11.3. The lowest BCUT2D eigenvalue weighted by molar-refractivity contribution is 0.0916. The zero-order chi connectivity index (χ0) is 26.7. The standard InChI is InChI=1S/C30H42N2O4S/c1-5-37(35,36)26-13-10-23(11-14-26)28(19-33)31-30(34)24-12-15-27-25(16-24)18-32(29(27)20(2)3)17-22-8-6-21(4)7-9-22/h10-16,20-22,28-29,33H,5-9,17-19H2,1-4H3,(H,31,34)/t21-,22-,28-,29-/m0/s1. The van der Waals surface area contributed by atoms with Gasteiger partial charge in [-0.25, -0.2) is 8.42 Å². The number of amides is 1. The van der Waals surface area contributed by atoms with Crippen molar-refractivity contribution in [1.82, 2.24) is 10.2 Å². The van der Waals surface area contributed by atoms with E-state index in [1.807, 2.05) is 12.1 Å². The zero-order valence-corrected chi connectivity index (χ0v) is 23.4. The molecular weight excluding hydrogens is 484 g/mol. The van der Waals surface area contributed by atoms with Gasteiger partial charge < -0.3 is 10.4 Å². The van der Waals surface area contributed by atoms with Crippen molar-refractivity contribution in [2.45, 2.75) is 76.9 Å². The molecule has 1 aliphatic carbocycles. The first-order valence-electron chi connectivity index (χ1n) is 13.7. The lowest BCUT2D eigenvalue weighted by Gasteiger charge is -2.34. The highest BCUT2D eigenvalue weighted by Gasteiger charge is 2.34. The first-order valence-corrected chi connectivity index (χ1v) is 15.4. The third-order valence-corrected chi connectivity index (χ3v) is 10.0. The summed E-state index contributed by atoms with van der Waals surface area (Å²) in [5, 5.41) is 12.9. The van der Waals surface area contributed by atoms with E-state index in [2.05, 4.69) is 37.1 Å². The SMILES string of the molecule is CCS(=O)(=O)c1ccc([C@H](CO)NC(=O)c2ccc3c(c2)CN(C[C@H]2CC[C@H](C)CC2)[C@H]3C(C)C)cc1. The molecule has 1 amide bonds. The molecule has 0 bridgehead atoms. The maximum absolute atomic E-state index is 13.2. The maximum Gasteiger partial charge on any atom is 0.251 e. The highest BCUT2D eigenvalue weighted by Crippen LogP contribution is 2.41. The van der Waals surface area contributed by atoms with Crippen molar-refractivity contribution >= 4 is 15.7 Å². The number of nitrogens with zero attached hydrogens (tertiary/aromatic N) is 1. The summed E-state index contributed by atoms with van der Waals surface area (Å²) in [5.41, 5.74) is 3.78. The molecule has 2 N–H and O–H groups in total. The van der Waals surface area contributed by atoms with Crippen molar-refractivity contribution in [3.63, 3.8) is 0 Å². The van der Waals surface area contributed by atoms with E-state index in [0.717, 1.165) is 24.9 Å². The Hall–Kier alpha value is -2.22. The minimum absolute atomic E-state index is 0.0276. The van der Waals surface area contributed by atoms with Crippen LogP contribution in [0.2, 0.25) is 0 Å². The van der Waals surface area contributed by atoms with Gasteiger partial charge in [0.15, 0.2) is 9.84 Å². The number of aliphatic hydroxyl groups excluding tert-OH is 1. The molecule has 2 aliphatic rings. The van der Waals surface area contributed by atoms with Crippen LogP contribution in [-0.2, 0) is 16.4 Å². The maximum atomic E-state index is 13.2. The van der Waals surface area contributed by atoms with Crippen molar-refractivity contribution in [2.24, 2.45) is 17.8 Å². The first-order chi connectivity index (χ1) is 17.6. The van der Waals surface area contributed by atoms with Gasteiger partial charge in [0.2, 0.25) is 0 Å². The normalized spacial score (nSPS) is 23.1. The molecule has 1 fully saturated rings. The molecule has 4 rings (SSSR count). The molecule has 7 heteroatoms. The summed E-state index contributed by atoms with van der Waals surface area (Å²) >= 11 is 0. The fourth-order valence-electron chi connectivity index (χ4n) is 6.04. The fraction of sp³-hybridized carbons (Fsp3) is 0.567. The number of hydrogen-bond acceptors (Lipinski definition) is 5. The predicted octanol–water partition coefficient (Wildman–Crippen LogP) is 5.28. The monoisotopic (exact) mass is 526 g/mol. The smallest absolute Gasteiger partial charge is 0.251 e. The number of nitrogens with one attached hydrogen (secondary N) is 1. The molecule has 1 saturated carbocycles. The topological polar surface area (TPSA) is 86.7 Å². The minimum atomic E-state index is -3.30. The molecule has 6 nitrogen and oxygen atoms in total. The van der Waals surface area contributed by atoms with Crippen molar-refractivity contribution < 1.29 is 18.3 Å². The summed E-state index contributed by atoms with van der Waals surface area (Å²) < 4.78 is 24.2. The quantitative estimate of drug-likeness (QED) is 0.464. The Labute approximate surface area is 222 Å². The molecule has 202 valence electrons. The van der Waals surface area contributed by atoms with Gasteiger partial charge in [0.25, 0.3) is 5.91 Å². The third kappa shape index (κ3) is 6.27. The fourth-order valence-corrected chi connectivity index (χ4v) is 6.92. The Bertz CT molecular complexity index is 1180. The molecule has 0 radical (unpaired) electrons. The van der Waals surface area contributed by atoms with Gasteiger partial charge in [-0.3, -0.25) is 9.69 Å². The molecule has 0 spiro atoms. The van der Waals surface area contributed by atoms with Gasteiger partial charge in [-0.05, 0) is 71.6 Å². The molecule has 0 unspecified atom stereocenters. The van der Waals surface area contributed by atoms with E-state index in [9.17, 15) is 18.3 Å². The largest absolute Gasteiger partial charge is 0.394 e. The molecule has 1 heterocycles. The number of fused-ring (bicyclic) bond motifs is 1. The number of hydrogen-bond donors (Lipinski definition) is 2. The van der Waals surface area contributed by atoms with Crippen LogP contribution >= 0.6 is 0 Å². The number of benzene rings is 2. The highest BCUT2D eigenvalue weighted by atomic mass is 32.2. The van der Waals surface area contributed by atoms with Crippen molar-refractivity contribution in [1.29, 1.82) is 0 Å². The first kappa shape index (κ1) is 27.8. The van der Waals surface area contributed by atoms with E-state index in [0.29, 0.717) is 23.1 Å². The van der Waals surface area contributed by atoms with Crippen LogP contribution in [0.1, 0.15) is 92.5 Å².